The number of hydrogen-bond acceptors (Lipinski definition) is 5. The molecular weight excluding hydrogens is 374 g/mol. The number of nitrogens with zero attached hydrogens (tertiary/aromatic N) is 1. The van der Waals surface area contributed by atoms with Crippen LogP contribution in [0.3, 0.4) is 0 Å². The lowest BCUT2D eigenvalue weighted by molar-refractivity contribution is -0.118. The zero-order valence-corrected chi connectivity index (χ0v) is 17.0. The number of ether oxygens (including phenoxy) is 1. The van der Waals surface area contributed by atoms with Gasteiger partial charge in [0.05, 0.1) is 17.9 Å². The lowest BCUT2D eigenvalue weighted by Crippen LogP contribution is -2.34. The Labute approximate surface area is 165 Å². The van der Waals surface area contributed by atoms with Crippen molar-refractivity contribution in [1.82, 2.24) is 10.2 Å². The number of rotatable bonds is 8. The van der Waals surface area contributed by atoms with Gasteiger partial charge in [-0.25, -0.2) is 0 Å². The SMILES string of the molecule is COCCNC(=O)CSc1ccccc1C(=O)N1CCC(C)(CN)C1.Cl. The summed E-state index contributed by atoms with van der Waals surface area (Å²) in [4.78, 5) is 27.4. The third-order valence-corrected chi connectivity index (χ3v) is 5.52. The molecule has 2 rings (SSSR count). The highest BCUT2D eigenvalue weighted by atomic mass is 35.5. The van der Waals surface area contributed by atoms with Crippen LogP contribution in [0, 0.1) is 5.41 Å². The van der Waals surface area contributed by atoms with Gasteiger partial charge in [0.25, 0.3) is 5.91 Å². The van der Waals surface area contributed by atoms with Crippen LogP contribution in [0.1, 0.15) is 23.7 Å². The Morgan fingerprint density at radius 1 is 1.38 bits per heavy atom. The van der Waals surface area contributed by atoms with Crippen LogP contribution in [-0.2, 0) is 9.53 Å². The molecule has 1 heterocycles. The molecule has 1 aliphatic heterocycles. The number of benzene rings is 1. The molecule has 1 atom stereocenters. The van der Waals surface area contributed by atoms with Crippen molar-refractivity contribution in [2.45, 2.75) is 18.2 Å². The first-order valence-corrected chi connectivity index (χ1v) is 9.44. The van der Waals surface area contributed by atoms with Crippen molar-refractivity contribution in [2.75, 3.05) is 45.6 Å². The lowest BCUT2D eigenvalue weighted by atomic mass is 9.90. The Kier molecular flexibility index (Phi) is 9.43. The molecule has 0 spiro atoms. The van der Waals surface area contributed by atoms with Gasteiger partial charge in [-0.1, -0.05) is 19.1 Å². The summed E-state index contributed by atoms with van der Waals surface area (Å²) >= 11 is 1.38. The molecule has 146 valence electrons. The second-order valence-electron chi connectivity index (χ2n) is 6.62. The van der Waals surface area contributed by atoms with Gasteiger partial charge < -0.3 is 20.7 Å². The van der Waals surface area contributed by atoms with Crippen LogP contribution < -0.4 is 11.1 Å². The van der Waals surface area contributed by atoms with E-state index in [4.69, 9.17) is 10.5 Å². The molecule has 1 aromatic rings. The number of nitrogens with two attached hydrogens (primary N) is 1. The van der Waals surface area contributed by atoms with Crippen LogP contribution in [0.15, 0.2) is 29.2 Å². The van der Waals surface area contributed by atoms with E-state index in [0.717, 1.165) is 17.9 Å². The second-order valence-corrected chi connectivity index (χ2v) is 7.64. The van der Waals surface area contributed by atoms with Gasteiger partial charge in [-0.05, 0) is 30.5 Å². The standard InChI is InChI=1S/C18H27N3O3S.ClH/c1-18(12-19)7-9-21(13-18)17(23)14-5-3-4-6-15(14)25-11-16(22)20-8-10-24-2;/h3-6H,7-13,19H2,1-2H3,(H,20,22);1H. The number of likely N-dealkylation sites (tertiary alicyclic amines) is 1. The zero-order chi connectivity index (χ0) is 18.3. The topological polar surface area (TPSA) is 84.7 Å². The lowest BCUT2D eigenvalue weighted by Gasteiger charge is -2.23. The van der Waals surface area contributed by atoms with Crippen LogP contribution in [0.4, 0.5) is 0 Å². The van der Waals surface area contributed by atoms with Gasteiger partial charge >= 0.3 is 0 Å². The summed E-state index contributed by atoms with van der Waals surface area (Å²) in [6, 6.07) is 7.45. The molecular formula is C18H28ClN3O3S. The maximum atomic E-state index is 12.9. The van der Waals surface area contributed by atoms with E-state index in [1.165, 1.54) is 11.8 Å². The molecule has 1 saturated heterocycles. The number of nitrogens with one attached hydrogen (secondary N) is 1. The van der Waals surface area contributed by atoms with Gasteiger partial charge in [0.15, 0.2) is 0 Å². The molecule has 0 bridgehead atoms. The highest BCUT2D eigenvalue weighted by Gasteiger charge is 2.35. The third kappa shape index (κ3) is 6.16. The van der Waals surface area contributed by atoms with Crippen molar-refractivity contribution in [2.24, 2.45) is 11.1 Å². The van der Waals surface area contributed by atoms with Crippen molar-refractivity contribution in [3.8, 4) is 0 Å². The number of hydrogen-bond donors (Lipinski definition) is 2. The molecule has 1 aromatic carbocycles. The number of methoxy groups -OCH3 is 1. The monoisotopic (exact) mass is 401 g/mol. The minimum Gasteiger partial charge on any atom is -0.383 e. The largest absolute Gasteiger partial charge is 0.383 e. The molecule has 26 heavy (non-hydrogen) atoms. The van der Waals surface area contributed by atoms with E-state index in [-0.39, 0.29) is 35.4 Å². The fourth-order valence-electron chi connectivity index (χ4n) is 2.79. The smallest absolute Gasteiger partial charge is 0.255 e. The first kappa shape index (κ1) is 22.8. The molecule has 2 amide bonds. The zero-order valence-electron chi connectivity index (χ0n) is 15.3. The molecule has 0 aliphatic carbocycles. The van der Waals surface area contributed by atoms with Crippen molar-refractivity contribution >= 4 is 36.0 Å². The number of carbonyl (C=O) groups excluding carboxylic acids is 2. The van der Waals surface area contributed by atoms with Gasteiger partial charge in [0.1, 0.15) is 0 Å². The Bertz CT molecular complexity index is 617. The van der Waals surface area contributed by atoms with E-state index in [2.05, 4.69) is 12.2 Å². The Morgan fingerprint density at radius 3 is 2.77 bits per heavy atom. The highest BCUT2D eigenvalue weighted by molar-refractivity contribution is 8.00. The first-order chi connectivity index (χ1) is 12.0. The fraction of sp³-hybridized carbons (Fsp3) is 0.556. The number of thioether (sulfide) groups is 1. The van der Waals surface area contributed by atoms with E-state index in [0.29, 0.717) is 31.8 Å². The number of amides is 2. The van der Waals surface area contributed by atoms with Gasteiger partial charge in [0, 0.05) is 31.6 Å². The summed E-state index contributed by atoms with van der Waals surface area (Å²) in [6.07, 6.45) is 0.923. The molecule has 1 fully saturated rings. The number of halogens is 1. The first-order valence-electron chi connectivity index (χ1n) is 8.46. The van der Waals surface area contributed by atoms with E-state index < -0.39 is 0 Å². The van der Waals surface area contributed by atoms with E-state index in [1.807, 2.05) is 29.2 Å². The Morgan fingerprint density at radius 2 is 2.12 bits per heavy atom. The van der Waals surface area contributed by atoms with Gasteiger partial charge in [0.2, 0.25) is 5.91 Å². The molecule has 0 saturated carbocycles. The summed E-state index contributed by atoms with van der Waals surface area (Å²) in [7, 11) is 1.59. The van der Waals surface area contributed by atoms with Crippen molar-refractivity contribution in [1.29, 1.82) is 0 Å². The Hall–Kier alpha value is -1.28. The summed E-state index contributed by atoms with van der Waals surface area (Å²) in [5.74, 6) is 0.218. The fourth-order valence-corrected chi connectivity index (χ4v) is 3.66. The van der Waals surface area contributed by atoms with Gasteiger partial charge in [-0.2, -0.15) is 0 Å². The summed E-state index contributed by atoms with van der Waals surface area (Å²) in [5, 5.41) is 2.78. The van der Waals surface area contributed by atoms with Crippen LogP contribution in [0.25, 0.3) is 0 Å². The molecule has 0 aromatic heterocycles. The minimum atomic E-state index is -0.0684. The molecule has 0 radical (unpaired) electrons. The maximum absolute atomic E-state index is 12.9. The van der Waals surface area contributed by atoms with Crippen molar-refractivity contribution in [3.05, 3.63) is 29.8 Å². The third-order valence-electron chi connectivity index (χ3n) is 4.44. The predicted octanol–water partition coefficient (Wildman–Crippen LogP) is 1.77. The van der Waals surface area contributed by atoms with Gasteiger partial charge in [-0.3, -0.25) is 9.59 Å². The summed E-state index contributed by atoms with van der Waals surface area (Å²) in [5.41, 5.74) is 6.48. The van der Waals surface area contributed by atoms with Crippen LogP contribution in [-0.4, -0.2) is 62.4 Å². The van der Waals surface area contributed by atoms with Crippen LogP contribution in [0.5, 0.6) is 0 Å². The summed E-state index contributed by atoms with van der Waals surface area (Å²) < 4.78 is 4.91. The van der Waals surface area contributed by atoms with Crippen molar-refractivity contribution < 1.29 is 14.3 Å². The maximum Gasteiger partial charge on any atom is 0.255 e. The van der Waals surface area contributed by atoms with E-state index in [9.17, 15) is 9.59 Å². The predicted molar refractivity (Wildman–Crippen MR) is 107 cm³/mol. The molecule has 1 aliphatic rings. The molecule has 3 N–H and O–H groups in total. The summed E-state index contributed by atoms with van der Waals surface area (Å²) in [6.45, 7) is 5.07. The molecule has 1 unspecified atom stereocenters. The molecule has 8 heteroatoms. The second kappa shape index (κ2) is 10.8. The van der Waals surface area contributed by atoms with E-state index in [1.54, 1.807) is 7.11 Å². The minimum absolute atomic E-state index is 0. The normalized spacial score (nSPS) is 19.1. The average molecular weight is 402 g/mol. The highest BCUT2D eigenvalue weighted by Crippen LogP contribution is 2.31. The van der Waals surface area contributed by atoms with Gasteiger partial charge in [-0.15, -0.1) is 24.2 Å². The molecule has 6 nitrogen and oxygen atoms in total. The average Bonchev–Trinajstić information content (AvgIpc) is 3.03. The number of carbonyl (C=O) groups is 2. The Balaban J connectivity index is 0.00000338. The quantitative estimate of drug-likeness (QED) is 0.512. The van der Waals surface area contributed by atoms with Crippen LogP contribution >= 0.6 is 24.2 Å². The van der Waals surface area contributed by atoms with Crippen LogP contribution in [0.2, 0.25) is 0 Å². The van der Waals surface area contributed by atoms with E-state index >= 15 is 0 Å². The van der Waals surface area contributed by atoms with Crippen molar-refractivity contribution in [3.63, 3.8) is 0 Å².